The quantitative estimate of drug-likeness (QED) is 0.442. The average Bonchev–Trinajstić information content (AvgIpc) is 2.74. The molecule has 0 bridgehead atoms. The van der Waals surface area contributed by atoms with Crippen LogP contribution in [0.5, 0.6) is 0 Å². The highest BCUT2D eigenvalue weighted by Crippen LogP contribution is 2.26. The molecular weight excluding hydrogens is 433 g/mol. The van der Waals surface area contributed by atoms with Crippen LogP contribution in [0.25, 0.3) is 16.6 Å². The lowest BCUT2D eigenvalue weighted by Gasteiger charge is -2.31. The van der Waals surface area contributed by atoms with Crippen LogP contribution in [0.15, 0.2) is 53.3 Å². The van der Waals surface area contributed by atoms with E-state index in [4.69, 9.17) is 28.2 Å². The number of halogens is 2. The molecule has 1 atom stereocenters. The van der Waals surface area contributed by atoms with E-state index in [1.54, 1.807) is 21.6 Å². The van der Waals surface area contributed by atoms with Gasteiger partial charge in [0.15, 0.2) is 4.84 Å². The Morgan fingerprint density at radius 1 is 1.06 bits per heavy atom. The Labute approximate surface area is 192 Å². The maximum atomic E-state index is 13.6. The summed E-state index contributed by atoms with van der Waals surface area (Å²) in [5.74, 6) is 0.467. The van der Waals surface area contributed by atoms with E-state index >= 15 is 0 Å². The van der Waals surface area contributed by atoms with Gasteiger partial charge in [-0.2, -0.15) is 0 Å². The fraction of sp³-hybridized carbons (Fsp3) is 0.375. The van der Waals surface area contributed by atoms with Crippen LogP contribution in [-0.2, 0) is 4.79 Å². The molecule has 0 saturated heterocycles. The van der Waals surface area contributed by atoms with Gasteiger partial charge < -0.3 is 4.90 Å². The number of para-hydroxylation sites is 2. The van der Waals surface area contributed by atoms with E-state index in [1.165, 1.54) is 0 Å². The van der Waals surface area contributed by atoms with Crippen molar-refractivity contribution >= 4 is 40.0 Å². The Kier molecular flexibility index (Phi) is 7.39. The van der Waals surface area contributed by atoms with E-state index in [-0.39, 0.29) is 5.56 Å². The Morgan fingerprint density at radius 3 is 2.35 bits per heavy atom. The highest BCUT2D eigenvalue weighted by Gasteiger charge is 2.30. The molecular formula is C24H27Cl2N3O2. The van der Waals surface area contributed by atoms with Crippen molar-refractivity contribution < 1.29 is 4.79 Å². The van der Waals surface area contributed by atoms with Gasteiger partial charge in [-0.1, -0.05) is 67.4 Å². The zero-order chi connectivity index (χ0) is 22.7. The van der Waals surface area contributed by atoms with Gasteiger partial charge in [-0.25, -0.2) is 4.98 Å². The number of alkyl halides is 2. The first-order valence-electron chi connectivity index (χ1n) is 10.4. The summed E-state index contributed by atoms with van der Waals surface area (Å²) < 4.78 is 1.61. The third-order valence-corrected chi connectivity index (χ3v) is 5.79. The molecule has 0 aliphatic carbocycles. The molecule has 0 fully saturated rings. The van der Waals surface area contributed by atoms with Gasteiger partial charge in [0.2, 0.25) is 0 Å². The van der Waals surface area contributed by atoms with E-state index < -0.39 is 16.8 Å². The zero-order valence-electron chi connectivity index (χ0n) is 18.2. The van der Waals surface area contributed by atoms with E-state index in [2.05, 4.69) is 13.8 Å². The number of carbonyl (C=O) groups excluding carboxylic acids is 1. The topological polar surface area (TPSA) is 55.2 Å². The lowest BCUT2D eigenvalue weighted by Crippen LogP contribution is -2.41. The zero-order valence-corrected chi connectivity index (χ0v) is 19.7. The summed E-state index contributed by atoms with van der Waals surface area (Å²) in [5, 5.41) is 0.523. The number of amides is 1. The van der Waals surface area contributed by atoms with E-state index in [1.807, 2.05) is 50.2 Å². The van der Waals surface area contributed by atoms with Crippen LogP contribution in [0.1, 0.15) is 44.6 Å². The highest BCUT2D eigenvalue weighted by molar-refractivity contribution is 6.53. The highest BCUT2D eigenvalue weighted by atomic mass is 35.5. The molecule has 0 saturated carbocycles. The molecule has 164 valence electrons. The maximum Gasteiger partial charge on any atom is 0.266 e. The number of aromatic nitrogens is 2. The molecule has 3 aromatic rings. The van der Waals surface area contributed by atoms with E-state index in [9.17, 15) is 9.59 Å². The van der Waals surface area contributed by atoms with Crippen molar-refractivity contribution in [2.75, 3.05) is 6.54 Å². The van der Waals surface area contributed by atoms with E-state index in [0.29, 0.717) is 29.2 Å². The predicted molar refractivity (Wildman–Crippen MR) is 127 cm³/mol. The standard InChI is InChI=1S/C24H27Cl2N3O2/c1-15(2)13-14-28(24(31)21(25)26)17(4)22-27-19-11-7-6-10-18(19)23(30)29(22)20-12-8-5-9-16(20)3/h5-12,15,17,21H,13-14H2,1-4H3. The second-order valence-corrected chi connectivity index (χ2v) is 9.20. The third kappa shape index (κ3) is 4.94. The summed E-state index contributed by atoms with van der Waals surface area (Å²) in [6.45, 7) is 8.44. The van der Waals surface area contributed by atoms with Gasteiger partial charge in [0, 0.05) is 6.54 Å². The van der Waals surface area contributed by atoms with Crippen LogP contribution in [0.3, 0.4) is 0 Å². The Balaban J connectivity index is 2.25. The fourth-order valence-electron chi connectivity index (χ4n) is 3.63. The largest absolute Gasteiger partial charge is 0.330 e. The van der Waals surface area contributed by atoms with Gasteiger partial charge in [0.1, 0.15) is 5.82 Å². The Bertz CT molecular complexity index is 1140. The molecule has 0 radical (unpaired) electrons. The van der Waals surface area contributed by atoms with Gasteiger partial charge in [0.05, 0.1) is 22.6 Å². The minimum atomic E-state index is -1.19. The predicted octanol–water partition coefficient (Wildman–Crippen LogP) is 5.43. The van der Waals surface area contributed by atoms with Crippen molar-refractivity contribution in [2.45, 2.75) is 45.0 Å². The number of aryl methyl sites for hydroxylation is 1. The minimum absolute atomic E-state index is 0.175. The molecule has 1 aromatic heterocycles. The average molecular weight is 460 g/mol. The van der Waals surface area contributed by atoms with Gasteiger partial charge in [-0.3, -0.25) is 14.2 Å². The van der Waals surface area contributed by atoms with Crippen LogP contribution in [0, 0.1) is 12.8 Å². The Hall–Kier alpha value is -2.37. The molecule has 31 heavy (non-hydrogen) atoms. The van der Waals surface area contributed by atoms with Crippen molar-refractivity contribution in [3.8, 4) is 5.69 Å². The first kappa shape index (κ1) is 23.3. The van der Waals surface area contributed by atoms with Gasteiger partial charge >= 0.3 is 0 Å². The fourth-order valence-corrected chi connectivity index (χ4v) is 3.88. The summed E-state index contributed by atoms with van der Waals surface area (Å²) in [7, 11) is 0. The number of hydrogen-bond acceptors (Lipinski definition) is 3. The third-order valence-electron chi connectivity index (χ3n) is 5.42. The van der Waals surface area contributed by atoms with E-state index in [0.717, 1.165) is 17.7 Å². The Morgan fingerprint density at radius 2 is 1.71 bits per heavy atom. The molecule has 1 unspecified atom stereocenters. The summed E-state index contributed by atoms with van der Waals surface area (Å²) in [5.41, 5.74) is 2.08. The second-order valence-electron chi connectivity index (χ2n) is 8.11. The first-order chi connectivity index (χ1) is 14.7. The van der Waals surface area contributed by atoms with Gasteiger partial charge in [0.25, 0.3) is 11.5 Å². The van der Waals surface area contributed by atoms with Crippen molar-refractivity contribution in [1.82, 2.24) is 14.5 Å². The van der Waals surface area contributed by atoms with Crippen LogP contribution >= 0.6 is 23.2 Å². The number of nitrogens with zero attached hydrogens (tertiary/aromatic N) is 3. The number of carbonyl (C=O) groups is 1. The summed E-state index contributed by atoms with van der Waals surface area (Å²) in [6.07, 6.45) is 0.777. The van der Waals surface area contributed by atoms with Crippen LogP contribution in [0.4, 0.5) is 0 Å². The summed E-state index contributed by atoms with van der Waals surface area (Å²) in [4.78, 5) is 31.7. The van der Waals surface area contributed by atoms with Crippen LogP contribution in [-0.4, -0.2) is 31.7 Å². The molecule has 7 heteroatoms. The first-order valence-corrected chi connectivity index (χ1v) is 11.3. The second kappa shape index (κ2) is 9.84. The maximum absolute atomic E-state index is 13.6. The van der Waals surface area contributed by atoms with Crippen LogP contribution in [0.2, 0.25) is 0 Å². The summed E-state index contributed by atoms with van der Waals surface area (Å²) in [6, 6.07) is 14.4. The number of hydrogen-bond donors (Lipinski definition) is 0. The van der Waals surface area contributed by atoms with Gasteiger partial charge in [-0.05, 0) is 49.9 Å². The van der Waals surface area contributed by atoms with Crippen LogP contribution < -0.4 is 5.56 Å². The number of rotatable bonds is 7. The molecule has 0 N–H and O–H groups in total. The molecule has 0 aliphatic heterocycles. The molecule has 0 aliphatic rings. The van der Waals surface area contributed by atoms with Crippen molar-refractivity contribution in [1.29, 1.82) is 0 Å². The smallest absolute Gasteiger partial charge is 0.266 e. The lowest BCUT2D eigenvalue weighted by molar-refractivity contribution is -0.131. The lowest BCUT2D eigenvalue weighted by atomic mass is 10.1. The minimum Gasteiger partial charge on any atom is -0.330 e. The van der Waals surface area contributed by atoms with Crippen molar-refractivity contribution in [3.05, 3.63) is 70.3 Å². The molecule has 1 amide bonds. The van der Waals surface area contributed by atoms with Crippen molar-refractivity contribution in [2.24, 2.45) is 5.92 Å². The van der Waals surface area contributed by atoms with Crippen molar-refractivity contribution in [3.63, 3.8) is 0 Å². The number of fused-ring (bicyclic) bond motifs is 1. The summed E-state index contributed by atoms with van der Waals surface area (Å²) >= 11 is 11.9. The molecule has 0 spiro atoms. The monoisotopic (exact) mass is 459 g/mol. The number of benzene rings is 2. The molecule has 1 heterocycles. The SMILES string of the molecule is Cc1ccccc1-n1c(C(C)N(CCC(C)C)C(=O)C(Cl)Cl)nc2ccccc2c1=O. The normalized spacial score (nSPS) is 12.5. The van der Waals surface area contributed by atoms with Gasteiger partial charge in [-0.15, -0.1) is 0 Å². The molecule has 2 aromatic carbocycles. The molecule has 3 rings (SSSR count). The molecule has 5 nitrogen and oxygen atoms in total.